The molecular weight excluding hydrogens is 466 g/mol. The molecule has 1 aromatic rings. The third-order valence-electron chi connectivity index (χ3n) is 7.66. The summed E-state index contributed by atoms with van der Waals surface area (Å²) in [6.45, 7) is 11.1. The summed E-state index contributed by atoms with van der Waals surface area (Å²) in [6.07, 6.45) is 23.2. The summed E-state index contributed by atoms with van der Waals surface area (Å²) in [5.41, 5.74) is 0.995. The van der Waals surface area contributed by atoms with Gasteiger partial charge in [-0.2, -0.15) is 0 Å². The van der Waals surface area contributed by atoms with Crippen LogP contribution in [0.4, 0.5) is 0 Å². The lowest BCUT2D eigenvalue weighted by molar-refractivity contribution is -0.941. The Morgan fingerprint density at radius 3 is 1.39 bits per heavy atom. The third-order valence-corrected chi connectivity index (χ3v) is 8.49. The van der Waals surface area contributed by atoms with Crippen molar-refractivity contribution < 1.29 is 17.5 Å². The Morgan fingerprint density at radius 1 is 0.611 bits per heavy atom. The molecule has 0 bridgehead atoms. The van der Waals surface area contributed by atoms with Gasteiger partial charge in [0.05, 0.1) is 24.5 Å². The maximum absolute atomic E-state index is 11.7. The first kappa shape index (κ1) is 33.1. The minimum atomic E-state index is -4.43. The van der Waals surface area contributed by atoms with Crippen LogP contribution in [0.5, 0.6) is 0 Å². The van der Waals surface area contributed by atoms with Crippen LogP contribution in [0.1, 0.15) is 142 Å². The Labute approximate surface area is 224 Å². The van der Waals surface area contributed by atoms with E-state index in [1.807, 2.05) is 6.07 Å². The average Bonchev–Trinajstić information content (AvgIpc) is 2.85. The molecule has 0 aliphatic heterocycles. The van der Waals surface area contributed by atoms with E-state index < -0.39 is 10.1 Å². The van der Waals surface area contributed by atoms with Gasteiger partial charge in [-0.3, -0.25) is 0 Å². The fourth-order valence-corrected chi connectivity index (χ4v) is 5.98. The lowest BCUT2D eigenvalue weighted by Crippen LogP contribution is -2.49. The van der Waals surface area contributed by atoms with E-state index in [9.17, 15) is 13.0 Å². The largest absolute Gasteiger partial charge is 0.744 e. The van der Waals surface area contributed by atoms with Crippen molar-refractivity contribution in [3.05, 3.63) is 29.8 Å². The van der Waals surface area contributed by atoms with Gasteiger partial charge in [-0.05, 0) is 50.7 Å². The molecule has 0 aliphatic rings. The van der Waals surface area contributed by atoms with Crippen LogP contribution in [0.15, 0.2) is 29.2 Å². The van der Waals surface area contributed by atoms with Crippen LogP contribution in [-0.2, 0) is 16.7 Å². The van der Waals surface area contributed by atoms with E-state index in [2.05, 4.69) is 20.8 Å². The van der Waals surface area contributed by atoms with Crippen LogP contribution in [0.2, 0.25) is 0 Å². The molecule has 1 aromatic carbocycles. The minimum absolute atomic E-state index is 0.0863. The highest BCUT2D eigenvalue weighted by molar-refractivity contribution is 7.85. The zero-order valence-corrected chi connectivity index (χ0v) is 24.8. The number of quaternary nitrogens is 1. The number of nitrogens with zero attached hydrogens (tertiary/aromatic N) is 1. The number of unbranched alkanes of at least 4 members (excludes halogenated alkanes) is 15. The minimum Gasteiger partial charge on any atom is -0.744 e. The highest BCUT2D eigenvalue weighted by Gasteiger charge is 2.27. The van der Waals surface area contributed by atoms with Gasteiger partial charge in [-0.1, -0.05) is 110 Å². The second kappa shape index (κ2) is 20.1. The molecule has 0 N–H and O–H groups in total. The van der Waals surface area contributed by atoms with Crippen LogP contribution in [0.25, 0.3) is 0 Å². The highest BCUT2D eigenvalue weighted by Crippen LogP contribution is 2.23. The van der Waals surface area contributed by atoms with Gasteiger partial charge in [0, 0.05) is 5.56 Å². The van der Waals surface area contributed by atoms with Crippen LogP contribution < -0.4 is 0 Å². The molecule has 0 aliphatic carbocycles. The van der Waals surface area contributed by atoms with E-state index in [1.54, 1.807) is 12.1 Å². The topological polar surface area (TPSA) is 57.2 Å². The maximum Gasteiger partial charge on any atom is 0.124 e. The van der Waals surface area contributed by atoms with Gasteiger partial charge in [-0.25, -0.2) is 8.42 Å². The van der Waals surface area contributed by atoms with Gasteiger partial charge in [0.1, 0.15) is 16.7 Å². The Hall–Kier alpha value is -0.910. The maximum atomic E-state index is 11.7. The zero-order chi connectivity index (χ0) is 26.5. The fourth-order valence-electron chi connectivity index (χ4n) is 5.44. The molecule has 36 heavy (non-hydrogen) atoms. The van der Waals surface area contributed by atoms with Crippen molar-refractivity contribution in [1.82, 2.24) is 0 Å². The Kier molecular flexibility index (Phi) is 18.5. The first-order valence-electron chi connectivity index (χ1n) is 15.3. The lowest BCUT2D eigenvalue weighted by Gasteiger charge is -2.40. The summed E-state index contributed by atoms with van der Waals surface area (Å²) in [5, 5.41) is 0. The molecular formula is C31H57NO3S. The summed E-state index contributed by atoms with van der Waals surface area (Å²) in [6, 6.07) is 6.84. The number of hydrogen-bond donors (Lipinski definition) is 0. The van der Waals surface area contributed by atoms with Gasteiger partial charge in [-0.15, -0.1) is 0 Å². The van der Waals surface area contributed by atoms with Crippen LogP contribution >= 0.6 is 0 Å². The molecule has 0 heterocycles. The zero-order valence-electron chi connectivity index (χ0n) is 23.9. The summed E-state index contributed by atoms with van der Waals surface area (Å²) in [5.74, 6) is 0. The van der Waals surface area contributed by atoms with Gasteiger partial charge in [0.2, 0.25) is 0 Å². The van der Waals surface area contributed by atoms with Gasteiger partial charge < -0.3 is 9.04 Å². The molecule has 4 nitrogen and oxygen atoms in total. The third kappa shape index (κ3) is 15.4. The Morgan fingerprint density at radius 2 is 1.00 bits per heavy atom. The molecule has 0 spiro atoms. The lowest BCUT2D eigenvalue weighted by atomic mass is 10.0. The molecule has 0 saturated heterocycles. The predicted octanol–water partition coefficient (Wildman–Crippen LogP) is 8.99. The van der Waals surface area contributed by atoms with E-state index in [1.165, 1.54) is 122 Å². The molecule has 5 heteroatoms. The van der Waals surface area contributed by atoms with Crippen molar-refractivity contribution in [1.29, 1.82) is 0 Å². The quantitative estimate of drug-likeness (QED) is 0.0771. The Bertz CT molecular complexity index is 722. The average molecular weight is 524 g/mol. The van der Waals surface area contributed by atoms with Gasteiger partial charge >= 0.3 is 0 Å². The highest BCUT2D eigenvalue weighted by atomic mass is 32.2. The second-order valence-corrected chi connectivity index (χ2v) is 12.5. The van der Waals surface area contributed by atoms with Crippen molar-refractivity contribution in [2.24, 2.45) is 0 Å². The van der Waals surface area contributed by atoms with E-state index in [-0.39, 0.29) is 4.90 Å². The molecule has 0 amide bonds. The molecule has 0 unspecified atom stereocenters. The summed E-state index contributed by atoms with van der Waals surface area (Å²) < 4.78 is 36.1. The van der Waals surface area contributed by atoms with Crippen LogP contribution in [0, 0.1) is 0 Å². The molecule has 210 valence electrons. The number of benzene rings is 1. The van der Waals surface area contributed by atoms with Crippen molar-refractivity contribution in [3.63, 3.8) is 0 Å². The first-order valence-corrected chi connectivity index (χ1v) is 16.7. The van der Waals surface area contributed by atoms with E-state index in [0.717, 1.165) is 36.2 Å². The molecule has 0 radical (unpaired) electrons. The molecule has 0 aromatic heterocycles. The van der Waals surface area contributed by atoms with Crippen molar-refractivity contribution in [2.45, 2.75) is 148 Å². The fraction of sp³-hybridized carbons (Fsp3) is 0.806. The normalized spacial score (nSPS) is 12.3. The smallest absolute Gasteiger partial charge is 0.124 e. The van der Waals surface area contributed by atoms with Crippen molar-refractivity contribution in [2.75, 3.05) is 19.6 Å². The van der Waals surface area contributed by atoms with E-state index in [4.69, 9.17) is 0 Å². The van der Waals surface area contributed by atoms with E-state index >= 15 is 0 Å². The molecule has 0 saturated carbocycles. The van der Waals surface area contributed by atoms with Crippen LogP contribution in [0.3, 0.4) is 0 Å². The standard InChI is InChI=1S/C31H57NO3S/c1-4-7-10-13-16-19-25-32(26-20-17-14-11-8-5-2,27-21-18-15-12-9-6-3)29-30-23-22-24-31(28-30)36(33,34)35/h22-24,28H,4-21,25-27,29H2,1-3H3. The van der Waals surface area contributed by atoms with Gasteiger partial charge in [0.25, 0.3) is 0 Å². The van der Waals surface area contributed by atoms with Crippen LogP contribution in [-0.4, -0.2) is 37.1 Å². The number of hydrogen-bond acceptors (Lipinski definition) is 3. The summed E-state index contributed by atoms with van der Waals surface area (Å²) in [4.78, 5) is -0.0863. The van der Waals surface area contributed by atoms with Crippen molar-refractivity contribution >= 4 is 10.1 Å². The predicted molar refractivity (Wildman–Crippen MR) is 153 cm³/mol. The van der Waals surface area contributed by atoms with Crippen molar-refractivity contribution in [3.8, 4) is 0 Å². The SMILES string of the molecule is CCCCCCCC[N+](CCCCCCCC)(CCCCCCCC)Cc1cccc(S(=O)(=O)[O-])c1. The monoisotopic (exact) mass is 523 g/mol. The molecule has 0 atom stereocenters. The first-order chi connectivity index (χ1) is 17.4. The molecule has 1 rings (SSSR count). The summed E-state index contributed by atoms with van der Waals surface area (Å²) >= 11 is 0. The second-order valence-electron chi connectivity index (χ2n) is 11.1. The summed E-state index contributed by atoms with van der Waals surface area (Å²) in [7, 11) is -4.43. The van der Waals surface area contributed by atoms with E-state index in [0.29, 0.717) is 0 Å². The van der Waals surface area contributed by atoms with Gasteiger partial charge in [0.15, 0.2) is 0 Å². The Balaban J connectivity index is 2.97. The molecule has 0 fully saturated rings. The number of rotatable bonds is 24.